The van der Waals surface area contributed by atoms with Crippen LogP contribution in [0.4, 0.5) is 17.1 Å². The van der Waals surface area contributed by atoms with Crippen LogP contribution in [-0.4, -0.2) is 10.9 Å². The topological polar surface area (TPSA) is 77.8 Å². The molecular formula is C23H22N4O. The minimum absolute atomic E-state index is 0.278. The van der Waals surface area contributed by atoms with E-state index in [0.29, 0.717) is 22.7 Å². The Kier molecular flexibility index (Phi) is 5.71. The average Bonchev–Trinajstić information content (AvgIpc) is 2.69. The summed E-state index contributed by atoms with van der Waals surface area (Å²) in [5.41, 5.74) is 5.63. The van der Waals surface area contributed by atoms with E-state index in [0.717, 1.165) is 16.9 Å². The van der Waals surface area contributed by atoms with Gasteiger partial charge in [0.25, 0.3) is 5.91 Å². The second-order valence-electron chi connectivity index (χ2n) is 6.93. The molecule has 2 N–H and O–H groups in total. The molecule has 0 radical (unpaired) electrons. The first-order chi connectivity index (χ1) is 13.5. The molecule has 1 aromatic heterocycles. The number of benzene rings is 2. The highest BCUT2D eigenvalue weighted by Gasteiger charge is 2.12. The lowest BCUT2D eigenvalue weighted by atomic mass is 9.98. The summed E-state index contributed by atoms with van der Waals surface area (Å²) in [6.07, 6.45) is 3.22. The Morgan fingerprint density at radius 3 is 2.61 bits per heavy atom. The van der Waals surface area contributed by atoms with Gasteiger partial charge in [0.1, 0.15) is 0 Å². The van der Waals surface area contributed by atoms with Gasteiger partial charge in [-0.25, -0.2) is 0 Å². The van der Waals surface area contributed by atoms with Crippen molar-refractivity contribution in [1.29, 1.82) is 5.26 Å². The van der Waals surface area contributed by atoms with Crippen LogP contribution in [0.1, 0.15) is 46.8 Å². The molecule has 0 unspecified atom stereocenters. The number of pyridine rings is 1. The van der Waals surface area contributed by atoms with Crippen LogP contribution in [0.15, 0.2) is 60.9 Å². The number of carbonyl (C=O) groups is 1. The number of hydrogen-bond donors (Lipinski definition) is 2. The van der Waals surface area contributed by atoms with Gasteiger partial charge in [0.05, 0.1) is 29.1 Å². The molecule has 5 nitrogen and oxygen atoms in total. The number of para-hydroxylation sites is 1. The third-order valence-electron chi connectivity index (χ3n) is 4.45. The fourth-order valence-electron chi connectivity index (χ4n) is 2.99. The van der Waals surface area contributed by atoms with Gasteiger partial charge in [0.2, 0.25) is 0 Å². The van der Waals surface area contributed by atoms with Gasteiger partial charge >= 0.3 is 0 Å². The first-order valence-corrected chi connectivity index (χ1v) is 9.11. The van der Waals surface area contributed by atoms with Crippen LogP contribution in [0.2, 0.25) is 0 Å². The molecule has 140 valence electrons. The fraction of sp³-hybridized carbons (Fsp3) is 0.174. The van der Waals surface area contributed by atoms with Gasteiger partial charge in [-0.3, -0.25) is 9.78 Å². The van der Waals surface area contributed by atoms with Crippen LogP contribution < -0.4 is 10.6 Å². The standard InChI is InChI=1S/C23H22N4O/c1-15(2)21-9-4-6-16(3)22(21)26-20-11-18(13-25-14-20)23(28)27-19-8-5-7-17(10-19)12-24/h4-11,13-15,26H,1-3H3,(H,27,28). The molecule has 0 aliphatic heterocycles. The number of hydrogen-bond acceptors (Lipinski definition) is 4. The summed E-state index contributed by atoms with van der Waals surface area (Å²) in [5, 5.41) is 15.2. The predicted molar refractivity (Wildman–Crippen MR) is 112 cm³/mol. The third-order valence-corrected chi connectivity index (χ3v) is 4.45. The fourth-order valence-corrected chi connectivity index (χ4v) is 2.99. The second-order valence-corrected chi connectivity index (χ2v) is 6.93. The van der Waals surface area contributed by atoms with Crippen molar-refractivity contribution in [2.45, 2.75) is 26.7 Å². The average molecular weight is 370 g/mol. The highest BCUT2D eigenvalue weighted by atomic mass is 16.1. The molecule has 28 heavy (non-hydrogen) atoms. The summed E-state index contributed by atoms with van der Waals surface area (Å²) in [6, 6.07) is 16.8. The van der Waals surface area contributed by atoms with Crippen molar-refractivity contribution < 1.29 is 4.79 Å². The number of nitrogens with one attached hydrogen (secondary N) is 2. The maximum Gasteiger partial charge on any atom is 0.257 e. The molecular weight excluding hydrogens is 348 g/mol. The van der Waals surface area contributed by atoms with E-state index in [1.807, 2.05) is 6.07 Å². The molecule has 0 saturated carbocycles. The molecule has 0 spiro atoms. The van der Waals surface area contributed by atoms with Crippen molar-refractivity contribution in [1.82, 2.24) is 4.98 Å². The predicted octanol–water partition coefficient (Wildman–Crippen LogP) is 5.38. The van der Waals surface area contributed by atoms with E-state index < -0.39 is 0 Å². The van der Waals surface area contributed by atoms with Crippen LogP contribution in [0.25, 0.3) is 0 Å². The van der Waals surface area contributed by atoms with E-state index in [-0.39, 0.29) is 5.91 Å². The number of rotatable bonds is 5. The minimum atomic E-state index is -0.278. The Morgan fingerprint density at radius 2 is 1.86 bits per heavy atom. The van der Waals surface area contributed by atoms with Gasteiger partial charge in [-0.2, -0.15) is 5.26 Å². The van der Waals surface area contributed by atoms with Gasteiger partial charge in [0.15, 0.2) is 0 Å². The summed E-state index contributed by atoms with van der Waals surface area (Å²) in [7, 11) is 0. The molecule has 0 aliphatic carbocycles. The molecule has 3 rings (SSSR count). The number of nitriles is 1. The summed E-state index contributed by atoms with van der Waals surface area (Å²) in [4.78, 5) is 16.8. The molecule has 3 aromatic rings. The molecule has 5 heteroatoms. The Morgan fingerprint density at radius 1 is 1.07 bits per heavy atom. The lowest BCUT2D eigenvalue weighted by Crippen LogP contribution is -2.12. The maximum absolute atomic E-state index is 12.6. The summed E-state index contributed by atoms with van der Waals surface area (Å²) in [6.45, 7) is 6.36. The molecule has 0 saturated heterocycles. The zero-order chi connectivity index (χ0) is 20.1. The quantitative estimate of drug-likeness (QED) is 0.632. The molecule has 0 aliphatic rings. The zero-order valence-electron chi connectivity index (χ0n) is 16.2. The Balaban J connectivity index is 1.83. The zero-order valence-corrected chi connectivity index (χ0v) is 16.2. The SMILES string of the molecule is Cc1cccc(C(C)C)c1Nc1cncc(C(=O)Nc2cccc(C#N)c2)c1. The number of carbonyl (C=O) groups excluding carboxylic acids is 1. The minimum Gasteiger partial charge on any atom is -0.354 e. The highest BCUT2D eigenvalue weighted by Crippen LogP contribution is 2.30. The molecule has 1 heterocycles. The van der Waals surface area contributed by atoms with Crippen molar-refractivity contribution in [3.8, 4) is 6.07 Å². The molecule has 0 bridgehead atoms. The van der Waals surface area contributed by atoms with E-state index in [4.69, 9.17) is 5.26 Å². The maximum atomic E-state index is 12.6. The second kappa shape index (κ2) is 8.36. The highest BCUT2D eigenvalue weighted by molar-refractivity contribution is 6.04. The molecule has 0 fully saturated rings. The summed E-state index contributed by atoms with van der Waals surface area (Å²) < 4.78 is 0. The van der Waals surface area contributed by atoms with E-state index in [9.17, 15) is 4.79 Å². The normalized spacial score (nSPS) is 10.4. The number of aryl methyl sites for hydroxylation is 1. The molecule has 2 aromatic carbocycles. The van der Waals surface area contributed by atoms with Crippen LogP contribution in [0.5, 0.6) is 0 Å². The third kappa shape index (κ3) is 4.36. The van der Waals surface area contributed by atoms with Crippen molar-refractivity contribution in [2.75, 3.05) is 10.6 Å². The smallest absolute Gasteiger partial charge is 0.257 e. The lowest BCUT2D eigenvalue weighted by Gasteiger charge is -2.17. The number of anilines is 3. The van der Waals surface area contributed by atoms with Crippen LogP contribution in [0.3, 0.4) is 0 Å². The van der Waals surface area contributed by atoms with Gasteiger partial charge in [-0.15, -0.1) is 0 Å². The van der Waals surface area contributed by atoms with Crippen LogP contribution in [0, 0.1) is 18.3 Å². The molecule has 1 amide bonds. The van der Waals surface area contributed by atoms with Crippen molar-refractivity contribution in [3.05, 3.63) is 83.2 Å². The van der Waals surface area contributed by atoms with Crippen LogP contribution in [-0.2, 0) is 0 Å². The van der Waals surface area contributed by atoms with Gasteiger partial charge < -0.3 is 10.6 Å². The lowest BCUT2D eigenvalue weighted by molar-refractivity contribution is 0.102. The van der Waals surface area contributed by atoms with Crippen molar-refractivity contribution in [3.63, 3.8) is 0 Å². The summed E-state index contributed by atoms with van der Waals surface area (Å²) >= 11 is 0. The first-order valence-electron chi connectivity index (χ1n) is 9.11. The molecule has 0 atom stereocenters. The van der Waals surface area contributed by atoms with E-state index >= 15 is 0 Å². The van der Waals surface area contributed by atoms with Crippen LogP contribution >= 0.6 is 0 Å². The summed E-state index contributed by atoms with van der Waals surface area (Å²) in [5.74, 6) is 0.0920. The number of amides is 1. The number of aromatic nitrogens is 1. The van der Waals surface area contributed by atoms with E-state index in [1.165, 1.54) is 11.8 Å². The van der Waals surface area contributed by atoms with Gasteiger partial charge in [-0.1, -0.05) is 38.1 Å². The van der Waals surface area contributed by atoms with E-state index in [1.54, 1.807) is 36.5 Å². The van der Waals surface area contributed by atoms with Crippen molar-refractivity contribution >= 4 is 23.0 Å². The Hall–Kier alpha value is -3.65. The van der Waals surface area contributed by atoms with E-state index in [2.05, 4.69) is 54.6 Å². The largest absolute Gasteiger partial charge is 0.354 e. The monoisotopic (exact) mass is 370 g/mol. The first kappa shape index (κ1) is 19.1. The Labute approximate surface area is 165 Å². The number of nitrogens with zero attached hydrogens (tertiary/aromatic N) is 2. The Bertz CT molecular complexity index is 1050. The van der Waals surface area contributed by atoms with Gasteiger partial charge in [-0.05, 0) is 48.2 Å². The van der Waals surface area contributed by atoms with Gasteiger partial charge in [0, 0.05) is 17.6 Å². The van der Waals surface area contributed by atoms with Crippen molar-refractivity contribution in [2.24, 2.45) is 0 Å².